The van der Waals surface area contributed by atoms with Crippen LogP contribution in [-0.4, -0.2) is 43.1 Å². The molecule has 0 spiro atoms. The van der Waals surface area contributed by atoms with E-state index >= 15 is 0 Å². The molecule has 1 heterocycles. The van der Waals surface area contributed by atoms with Gasteiger partial charge in [-0.3, -0.25) is 5.43 Å². The van der Waals surface area contributed by atoms with Crippen LogP contribution in [0.3, 0.4) is 0 Å². The summed E-state index contributed by atoms with van der Waals surface area (Å²) in [6, 6.07) is 8.20. The summed E-state index contributed by atoms with van der Waals surface area (Å²) >= 11 is 6.04. The minimum absolute atomic E-state index is 0.229. The zero-order chi connectivity index (χ0) is 14.5. The van der Waals surface area contributed by atoms with Crippen LogP contribution in [0.1, 0.15) is 13.8 Å². The number of hydrogen-bond acceptors (Lipinski definition) is 3. The van der Waals surface area contributed by atoms with Gasteiger partial charge in [0, 0.05) is 42.9 Å². The van der Waals surface area contributed by atoms with E-state index in [1.54, 1.807) is 0 Å². The third-order valence-corrected chi connectivity index (χ3v) is 3.50. The Balaban J connectivity index is 1.98. The molecule has 0 aromatic heterocycles. The number of hydrogen-bond donors (Lipinski definition) is 2. The number of piperazine rings is 1. The van der Waals surface area contributed by atoms with Crippen LogP contribution in [0.15, 0.2) is 29.3 Å². The molecule has 0 bridgehead atoms. The topological polar surface area (TPSA) is 56.9 Å². The van der Waals surface area contributed by atoms with E-state index in [2.05, 4.69) is 26.3 Å². The fourth-order valence-electron chi connectivity index (χ4n) is 2.30. The molecule has 1 fully saturated rings. The molecule has 1 aromatic carbocycles. The van der Waals surface area contributed by atoms with Crippen molar-refractivity contribution in [3.8, 4) is 0 Å². The summed E-state index contributed by atoms with van der Waals surface area (Å²) < 4.78 is 0. The van der Waals surface area contributed by atoms with Gasteiger partial charge in [-0.1, -0.05) is 17.7 Å². The van der Waals surface area contributed by atoms with Crippen molar-refractivity contribution in [1.29, 1.82) is 0 Å². The van der Waals surface area contributed by atoms with E-state index < -0.39 is 0 Å². The fraction of sp³-hybridized carbons (Fsp3) is 0.500. The highest BCUT2D eigenvalue weighted by molar-refractivity contribution is 6.30. The summed E-state index contributed by atoms with van der Waals surface area (Å²) in [6.07, 6.45) is 0. The molecular weight excluding hydrogens is 274 g/mol. The summed E-state index contributed by atoms with van der Waals surface area (Å²) in [6.45, 7) is 7.72. The lowest BCUT2D eigenvalue weighted by molar-refractivity contribution is 0.371. The van der Waals surface area contributed by atoms with Crippen molar-refractivity contribution in [2.24, 2.45) is 10.8 Å². The third kappa shape index (κ3) is 3.77. The van der Waals surface area contributed by atoms with E-state index in [1.165, 1.54) is 5.69 Å². The van der Waals surface area contributed by atoms with E-state index in [0.717, 1.165) is 37.2 Å². The van der Waals surface area contributed by atoms with E-state index in [4.69, 9.17) is 17.4 Å². The fourth-order valence-corrected chi connectivity index (χ4v) is 2.49. The second-order valence-electron chi connectivity index (χ2n) is 5.14. The van der Waals surface area contributed by atoms with Crippen LogP contribution in [0.25, 0.3) is 0 Å². The van der Waals surface area contributed by atoms with Gasteiger partial charge in [-0.05, 0) is 32.0 Å². The maximum Gasteiger partial charge on any atom is 0.208 e. The van der Waals surface area contributed by atoms with Gasteiger partial charge in [-0.2, -0.15) is 0 Å². The van der Waals surface area contributed by atoms with Crippen molar-refractivity contribution in [2.45, 2.75) is 19.9 Å². The molecular formula is C14H22ClN5. The first-order chi connectivity index (χ1) is 9.60. The summed E-state index contributed by atoms with van der Waals surface area (Å²) in [5.74, 6) is 6.33. The first kappa shape index (κ1) is 14.9. The summed E-state index contributed by atoms with van der Waals surface area (Å²) in [7, 11) is 0. The molecule has 3 N–H and O–H groups in total. The van der Waals surface area contributed by atoms with Crippen molar-refractivity contribution < 1.29 is 0 Å². The summed E-state index contributed by atoms with van der Waals surface area (Å²) in [5.41, 5.74) is 3.87. The number of aliphatic imine (C=N–C) groups is 1. The van der Waals surface area contributed by atoms with Gasteiger partial charge in [0.1, 0.15) is 0 Å². The Bertz CT molecular complexity index is 466. The first-order valence-electron chi connectivity index (χ1n) is 6.90. The lowest BCUT2D eigenvalue weighted by Crippen LogP contribution is -2.54. The van der Waals surface area contributed by atoms with Crippen LogP contribution < -0.4 is 16.2 Å². The average Bonchev–Trinajstić information content (AvgIpc) is 2.45. The predicted octanol–water partition coefficient (Wildman–Crippen LogP) is 1.69. The Labute approximate surface area is 125 Å². The smallest absolute Gasteiger partial charge is 0.208 e. The molecule has 1 aromatic rings. The molecule has 0 atom stereocenters. The van der Waals surface area contributed by atoms with Crippen LogP contribution in [0.4, 0.5) is 5.69 Å². The number of hydrazine groups is 1. The van der Waals surface area contributed by atoms with E-state index in [-0.39, 0.29) is 6.04 Å². The second kappa shape index (κ2) is 6.81. The SMILES string of the molecule is CC(C)N=C(NN)N1CCN(c2cccc(Cl)c2)CC1. The van der Waals surface area contributed by atoms with Crippen molar-refractivity contribution in [1.82, 2.24) is 10.3 Å². The number of rotatable bonds is 2. The van der Waals surface area contributed by atoms with Gasteiger partial charge in [0.15, 0.2) is 0 Å². The van der Waals surface area contributed by atoms with Crippen LogP contribution in [-0.2, 0) is 0 Å². The van der Waals surface area contributed by atoms with Gasteiger partial charge in [-0.15, -0.1) is 0 Å². The minimum Gasteiger partial charge on any atom is -0.368 e. The summed E-state index contributed by atoms with van der Waals surface area (Å²) in [5, 5.41) is 0.774. The van der Waals surface area contributed by atoms with E-state index in [9.17, 15) is 0 Å². The van der Waals surface area contributed by atoms with Crippen molar-refractivity contribution in [2.75, 3.05) is 31.1 Å². The van der Waals surface area contributed by atoms with Gasteiger partial charge >= 0.3 is 0 Å². The maximum absolute atomic E-state index is 6.04. The zero-order valence-corrected chi connectivity index (χ0v) is 12.8. The molecule has 6 heteroatoms. The maximum atomic E-state index is 6.04. The number of halogens is 1. The predicted molar refractivity (Wildman–Crippen MR) is 85.1 cm³/mol. The van der Waals surface area contributed by atoms with Crippen molar-refractivity contribution in [3.63, 3.8) is 0 Å². The number of benzene rings is 1. The van der Waals surface area contributed by atoms with Crippen LogP contribution in [0.2, 0.25) is 5.02 Å². The molecule has 5 nitrogen and oxygen atoms in total. The highest BCUT2D eigenvalue weighted by Crippen LogP contribution is 2.20. The second-order valence-corrected chi connectivity index (χ2v) is 5.58. The van der Waals surface area contributed by atoms with Gasteiger partial charge in [0.25, 0.3) is 0 Å². The molecule has 0 saturated carbocycles. The molecule has 1 saturated heterocycles. The van der Waals surface area contributed by atoms with Gasteiger partial charge < -0.3 is 9.80 Å². The number of nitrogens with zero attached hydrogens (tertiary/aromatic N) is 3. The Morgan fingerprint density at radius 1 is 1.30 bits per heavy atom. The third-order valence-electron chi connectivity index (χ3n) is 3.26. The van der Waals surface area contributed by atoms with Crippen LogP contribution in [0.5, 0.6) is 0 Å². The van der Waals surface area contributed by atoms with Gasteiger partial charge in [0.05, 0.1) is 0 Å². The molecule has 1 aliphatic rings. The van der Waals surface area contributed by atoms with Gasteiger partial charge in [0.2, 0.25) is 5.96 Å². The largest absolute Gasteiger partial charge is 0.368 e. The minimum atomic E-state index is 0.229. The first-order valence-corrected chi connectivity index (χ1v) is 7.28. The quantitative estimate of drug-likeness (QED) is 0.377. The van der Waals surface area contributed by atoms with Crippen LogP contribution in [0, 0.1) is 0 Å². The standard InChI is InChI=1S/C14H22ClN5/c1-11(2)17-14(18-16)20-8-6-19(7-9-20)13-5-3-4-12(15)10-13/h3-5,10-11H,6-9,16H2,1-2H3,(H,17,18). The lowest BCUT2D eigenvalue weighted by atomic mass is 10.2. The highest BCUT2D eigenvalue weighted by Gasteiger charge is 2.19. The highest BCUT2D eigenvalue weighted by atomic mass is 35.5. The molecule has 1 aliphatic heterocycles. The summed E-state index contributed by atoms with van der Waals surface area (Å²) in [4.78, 5) is 9.00. The van der Waals surface area contributed by atoms with Crippen molar-refractivity contribution >= 4 is 23.2 Å². The average molecular weight is 296 g/mol. The number of anilines is 1. The normalized spacial score (nSPS) is 16.8. The Morgan fingerprint density at radius 2 is 2.00 bits per heavy atom. The lowest BCUT2D eigenvalue weighted by Gasteiger charge is -2.37. The Morgan fingerprint density at radius 3 is 2.55 bits per heavy atom. The molecule has 0 aliphatic carbocycles. The van der Waals surface area contributed by atoms with E-state index in [1.807, 2.05) is 32.0 Å². The number of nitrogens with two attached hydrogens (primary N) is 1. The zero-order valence-electron chi connectivity index (χ0n) is 12.0. The number of nitrogens with one attached hydrogen (secondary N) is 1. The van der Waals surface area contributed by atoms with Crippen LogP contribution >= 0.6 is 11.6 Å². The molecule has 2 rings (SSSR count). The monoisotopic (exact) mass is 295 g/mol. The Kier molecular flexibility index (Phi) is 5.09. The Hall–Kier alpha value is -1.46. The molecule has 110 valence electrons. The molecule has 0 radical (unpaired) electrons. The van der Waals surface area contributed by atoms with Crippen molar-refractivity contribution in [3.05, 3.63) is 29.3 Å². The molecule has 0 unspecified atom stereocenters. The molecule has 20 heavy (non-hydrogen) atoms. The van der Waals surface area contributed by atoms with E-state index in [0.29, 0.717) is 0 Å². The molecule has 0 amide bonds. The van der Waals surface area contributed by atoms with Gasteiger partial charge in [-0.25, -0.2) is 10.8 Å². The number of guanidine groups is 1.